The molecule has 0 N–H and O–H groups in total. The Morgan fingerprint density at radius 2 is 2.50 bits per heavy atom. The first-order valence-electron chi connectivity index (χ1n) is 4.56. The normalized spacial score (nSPS) is 24.0. The third-order valence-corrected chi connectivity index (χ3v) is 3.76. The largest absolute Gasteiger partial charge is 0.299 e. The molecule has 1 aliphatic rings. The van der Waals surface area contributed by atoms with Gasteiger partial charge in [0.2, 0.25) is 0 Å². The average molecular weight is 181 g/mol. The highest BCUT2D eigenvalue weighted by molar-refractivity contribution is 7.10. The molecule has 1 unspecified atom stereocenters. The van der Waals surface area contributed by atoms with Crippen LogP contribution < -0.4 is 0 Å². The van der Waals surface area contributed by atoms with Gasteiger partial charge in [-0.2, -0.15) is 0 Å². The van der Waals surface area contributed by atoms with Crippen LogP contribution in [0.4, 0.5) is 0 Å². The molecular formula is C10H15NS. The molecule has 66 valence electrons. The van der Waals surface area contributed by atoms with Crippen LogP contribution in [0.25, 0.3) is 0 Å². The van der Waals surface area contributed by atoms with Crippen molar-refractivity contribution >= 4 is 11.3 Å². The fourth-order valence-corrected chi connectivity index (χ4v) is 2.88. The van der Waals surface area contributed by atoms with Gasteiger partial charge in [0.25, 0.3) is 0 Å². The van der Waals surface area contributed by atoms with Gasteiger partial charge in [-0.3, -0.25) is 4.90 Å². The van der Waals surface area contributed by atoms with E-state index in [1.165, 1.54) is 12.8 Å². The van der Waals surface area contributed by atoms with Gasteiger partial charge in [0.15, 0.2) is 0 Å². The van der Waals surface area contributed by atoms with E-state index in [9.17, 15) is 0 Å². The number of hydrogen-bond acceptors (Lipinski definition) is 2. The lowest BCUT2D eigenvalue weighted by molar-refractivity contribution is 0.212. The summed E-state index contributed by atoms with van der Waals surface area (Å²) in [7, 11) is 2.23. The minimum atomic E-state index is 0.774. The first kappa shape index (κ1) is 8.27. The Morgan fingerprint density at radius 1 is 1.67 bits per heavy atom. The molecule has 1 aromatic rings. The van der Waals surface area contributed by atoms with Gasteiger partial charge in [0.1, 0.15) is 0 Å². The third kappa shape index (κ3) is 1.29. The number of rotatable bonds is 1. The Hall–Kier alpha value is -0.340. The van der Waals surface area contributed by atoms with Crippen LogP contribution >= 0.6 is 11.3 Å². The Bertz CT molecular complexity index is 267. The molecule has 1 nitrogen and oxygen atoms in total. The van der Waals surface area contributed by atoms with E-state index in [0.29, 0.717) is 0 Å². The van der Waals surface area contributed by atoms with Gasteiger partial charge in [0, 0.05) is 17.5 Å². The number of likely N-dealkylation sites (N-methyl/N-ethyl adjacent to an activating group) is 1. The minimum Gasteiger partial charge on any atom is -0.299 e. The van der Waals surface area contributed by atoms with Gasteiger partial charge in [0.05, 0.1) is 0 Å². The summed E-state index contributed by atoms with van der Waals surface area (Å²) in [5, 5.41) is 2.22. The summed E-state index contributed by atoms with van der Waals surface area (Å²) < 4.78 is 0. The van der Waals surface area contributed by atoms with Crippen molar-refractivity contribution < 1.29 is 0 Å². The van der Waals surface area contributed by atoms with Gasteiger partial charge in [-0.25, -0.2) is 0 Å². The molecule has 0 aliphatic carbocycles. The fraction of sp³-hybridized carbons (Fsp3) is 0.600. The van der Waals surface area contributed by atoms with Crippen LogP contribution in [0.2, 0.25) is 0 Å². The average Bonchev–Trinajstić information content (AvgIpc) is 2.49. The molecule has 0 fully saturated rings. The summed E-state index contributed by atoms with van der Waals surface area (Å²) in [5.74, 6) is 0. The molecule has 1 atom stereocenters. The van der Waals surface area contributed by atoms with Crippen LogP contribution in [0.15, 0.2) is 11.4 Å². The molecule has 0 saturated carbocycles. The first-order chi connectivity index (χ1) is 5.81. The molecule has 2 heterocycles. The maximum atomic E-state index is 2.47. The molecule has 2 rings (SSSR count). The topological polar surface area (TPSA) is 3.24 Å². The molecule has 1 aliphatic heterocycles. The van der Waals surface area contributed by atoms with Gasteiger partial charge in [-0.15, -0.1) is 11.3 Å². The van der Waals surface area contributed by atoms with Gasteiger partial charge >= 0.3 is 0 Å². The molecule has 12 heavy (non-hydrogen) atoms. The highest BCUT2D eigenvalue weighted by Crippen LogP contribution is 2.27. The number of thiophene rings is 1. The van der Waals surface area contributed by atoms with Gasteiger partial charge < -0.3 is 0 Å². The molecule has 2 heteroatoms. The van der Waals surface area contributed by atoms with Crippen LogP contribution in [0, 0.1) is 0 Å². The maximum absolute atomic E-state index is 2.47. The second-order valence-corrected chi connectivity index (χ2v) is 4.55. The summed E-state index contributed by atoms with van der Waals surface area (Å²) >= 11 is 1.92. The molecule has 1 aromatic heterocycles. The SMILES string of the molecule is CCC1Cc2sccc2CN1C. The van der Waals surface area contributed by atoms with Crippen molar-refractivity contribution in [2.45, 2.75) is 32.4 Å². The summed E-state index contributed by atoms with van der Waals surface area (Å²) in [6.07, 6.45) is 2.54. The van der Waals surface area contributed by atoms with E-state index in [4.69, 9.17) is 0 Å². The van der Waals surface area contributed by atoms with Crippen LogP contribution in [-0.2, 0) is 13.0 Å². The van der Waals surface area contributed by atoms with E-state index in [1.54, 1.807) is 10.4 Å². The molecule has 0 bridgehead atoms. The number of fused-ring (bicyclic) bond motifs is 1. The number of nitrogens with zero attached hydrogens (tertiary/aromatic N) is 1. The zero-order valence-electron chi connectivity index (χ0n) is 7.71. The summed E-state index contributed by atoms with van der Waals surface area (Å²) in [5.41, 5.74) is 1.55. The summed E-state index contributed by atoms with van der Waals surface area (Å²) in [6.45, 7) is 3.43. The predicted octanol–water partition coefficient (Wildman–Crippen LogP) is 2.51. The highest BCUT2D eigenvalue weighted by atomic mass is 32.1. The lowest BCUT2D eigenvalue weighted by Crippen LogP contribution is -2.36. The Balaban J connectivity index is 2.23. The fourth-order valence-electron chi connectivity index (χ4n) is 1.91. The standard InChI is InChI=1S/C10H15NS/c1-3-9-6-10-8(4-5-12-10)7-11(9)2/h4-5,9H,3,6-7H2,1-2H3. The molecule has 0 radical (unpaired) electrons. The second kappa shape index (κ2) is 3.19. The lowest BCUT2D eigenvalue weighted by atomic mass is 10.0. The van der Waals surface area contributed by atoms with Crippen molar-refractivity contribution in [2.24, 2.45) is 0 Å². The highest BCUT2D eigenvalue weighted by Gasteiger charge is 2.22. The van der Waals surface area contributed by atoms with E-state index >= 15 is 0 Å². The summed E-state index contributed by atoms with van der Waals surface area (Å²) in [6, 6.07) is 3.04. The quantitative estimate of drug-likeness (QED) is 0.643. The predicted molar refractivity (Wildman–Crippen MR) is 53.6 cm³/mol. The Kier molecular flexibility index (Phi) is 2.20. The van der Waals surface area contributed by atoms with E-state index in [1.807, 2.05) is 11.3 Å². The van der Waals surface area contributed by atoms with Gasteiger partial charge in [-0.05, 0) is 36.9 Å². The van der Waals surface area contributed by atoms with Crippen LogP contribution in [0.5, 0.6) is 0 Å². The van der Waals surface area contributed by atoms with Crippen LogP contribution in [0.1, 0.15) is 23.8 Å². The van der Waals surface area contributed by atoms with Crippen molar-refractivity contribution in [3.05, 3.63) is 21.9 Å². The van der Waals surface area contributed by atoms with Crippen LogP contribution in [-0.4, -0.2) is 18.0 Å². The molecule has 0 amide bonds. The zero-order chi connectivity index (χ0) is 8.55. The van der Waals surface area contributed by atoms with Gasteiger partial charge in [-0.1, -0.05) is 6.92 Å². The van der Waals surface area contributed by atoms with E-state index < -0.39 is 0 Å². The molecule has 0 aromatic carbocycles. The van der Waals surface area contributed by atoms with E-state index in [2.05, 4.69) is 30.3 Å². The third-order valence-electron chi connectivity index (χ3n) is 2.77. The number of hydrogen-bond donors (Lipinski definition) is 0. The maximum Gasteiger partial charge on any atom is 0.0244 e. The van der Waals surface area contributed by atoms with Crippen molar-refractivity contribution in [1.29, 1.82) is 0 Å². The Labute approximate surface area is 78.0 Å². The first-order valence-corrected chi connectivity index (χ1v) is 5.44. The Morgan fingerprint density at radius 3 is 3.25 bits per heavy atom. The molecule has 0 saturated heterocycles. The smallest absolute Gasteiger partial charge is 0.0244 e. The molecular weight excluding hydrogens is 166 g/mol. The minimum absolute atomic E-state index is 0.774. The van der Waals surface area contributed by atoms with E-state index in [-0.39, 0.29) is 0 Å². The zero-order valence-corrected chi connectivity index (χ0v) is 8.53. The second-order valence-electron chi connectivity index (χ2n) is 3.55. The molecule has 0 spiro atoms. The van der Waals surface area contributed by atoms with Crippen molar-refractivity contribution in [1.82, 2.24) is 4.90 Å². The lowest BCUT2D eigenvalue weighted by Gasteiger charge is -2.31. The van der Waals surface area contributed by atoms with Crippen molar-refractivity contribution in [3.63, 3.8) is 0 Å². The van der Waals surface area contributed by atoms with E-state index in [0.717, 1.165) is 12.6 Å². The van der Waals surface area contributed by atoms with Crippen LogP contribution in [0.3, 0.4) is 0 Å². The monoisotopic (exact) mass is 181 g/mol. The van der Waals surface area contributed by atoms with Crippen molar-refractivity contribution in [3.8, 4) is 0 Å². The van der Waals surface area contributed by atoms with Crippen molar-refractivity contribution in [2.75, 3.05) is 7.05 Å². The summed E-state index contributed by atoms with van der Waals surface area (Å²) in [4.78, 5) is 4.08.